The molecule has 2 aliphatic rings. The molecule has 4 nitrogen and oxygen atoms in total. The summed E-state index contributed by atoms with van der Waals surface area (Å²) >= 11 is 0. The van der Waals surface area contributed by atoms with Crippen molar-refractivity contribution in [1.82, 2.24) is 4.72 Å². The molecule has 0 aromatic heterocycles. The molecule has 1 aromatic carbocycles. The zero-order valence-corrected chi connectivity index (χ0v) is 13.1. The normalized spacial score (nSPS) is 24.2. The van der Waals surface area contributed by atoms with Crippen molar-refractivity contribution in [3.8, 4) is 0 Å². The molecule has 21 heavy (non-hydrogen) atoms. The highest BCUT2D eigenvalue weighted by molar-refractivity contribution is 7.89. The molecule has 116 valence electrons. The summed E-state index contributed by atoms with van der Waals surface area (Å²) in [5.74, 6) is -0.406. The lowest BCUT2D eigenvalue weighted by Gasteiger charge is -2.23. The van der Waals surface area contributed by atoms with Crippen LogP contribution in [-0.2, 0) is 14.8 Å². The predicted molar refractivity (Wildman–Crippen MR) is 77.1 cm³/mol. The Labute approximate surface area is 124 Å². The first-order valence-electron chi connectivity index (χ1n) is 7.21. The van der Waals surface area contributed by atoms with Gasteiger partial charge in [-0.1, -0.05) is 0 Å². The SMILES string of the molecule is Cc1cc(F)cc(C)c1S(=O)(=O)NC1CC12CCOCC2. The molecule has 1 aliphatic heterocycles. The summed E-state index contributed by atoms with van der Waals surface area (Å²) in [6, 6.07) is 2.51. The summed E-state index contributed by atoms with van der Waals surface area (Å²) in [6.45, 7) is 4.66. The van der Waals surface area contributed by atoms with Gasteiger partial charge in [-0.25, -0.2) is 17.5 Å². The molecule has 0 amide bonds. The number of nitrogens with one attached hydrogen (secondary N) is 1. The maximum atomic E-state index is 13.3. The third-order valence-electron chi connectivity index (χ3n) is 4.67. The Kier molecular flexibility index (Phi) is 3.58. The van der Waals surface area contributed by atoms with Gasteiger partial charge in [0.25, 0.3) is 0 Å². The topological polar surface area (TPSA) is 55.4 Å². The molecule has 1 aliphatic carbocycles. The zero-order chi connectivity index (χ0) is 15.3. The van der Waals surface area contributed by atoms with Gasteiger partial charge in [0.15, 0.2) is 0 Å². The van der Waals surface area contributed by atoms with Crippen molar-refractivity contribution in [2.24, 2.45) is 5.41 Å². The van der Waals surface area contributed by atoms with E-state index in [4.69, 9.17) is 4.74 Å². The monoisotopic (exact) mass is 313 g/mol. The van der Waals surface area contributed by atoms with Crippen LogP contribution in [0.4, 0.5) is 4.39 Å². The Morgan fingerprint density at radius 2 is 1.81 bits per heavy atom. The highest BCUT2D eigenvalue weighted by Crippen LogP contribution is 2.54. The number of hydrogen-bond acceptors (Lipinski definition) is 3. The Morgan fingerprint density at radius 1 is 1.24 bits per heavy atom. The molecular weight excluding hydrogens is 293 g/mol. The summed E-state index contributed by atoms with van der Waals surface area (Å²) in [5.41, 5.74) is 0.969. The first kappa shape index (κ1) is 14.9. The molecule has 2 fully saturated rings. The average molecular weight is 313 g/mol. The molecule has 1 saturated carbocycles. The summed E-state index contributed by atoms with van der Waals surface area (Å²) < 4.78 is 46.7. The Bertz CT molecular complexity index is 642. The van der Waals surface area contributed by atoms with E-state index in [-0.39, 0.29) is 16.4 Å². The van der Waals surface area contributed by atoms with Gasteiger partial charge in [-0.3, -0.25) is 0 Å². The molecule has 1 atom stereocenters. The summed E-state index contributed by atoms with van der Waals surface area (Å²) in [5, 5.41) is 0. The molecule has 6 heteroatoms. The van der Waals surface area contributed by atoms with Crippen LogP contribution in [0, 0.1) is 25.1 Å². The van der Waals surface area contributed by atoms with Crippen LogP contribution in [0.2, 0.25) is 0 Å². The van der Waals surface area contributed by atoms with E-state index in [1.165, 1.54) is 12.1 Å². The molecule has 1 spiro atoms. The molecule has 1 saturated heterocycles. The maximum Gasteiger partial charge on any atom is 0.241 e. The minimum atomic E-state index is -3.61. The van der Waals surface area contributed by atoms with E-state index in [1.807, 2.05) is 0 Å². The van der Waals surface area contributed by atoms with E-state index in [2.05, 4.69) is 4.72 Å². The second kappa shape index (κ2) is 5.04. The number of benzene rings is 1. The van der Waals surface area contributed by atoms with Crippen LogP contribution >= 0.6 is 0 Å². The highest BCUT2D eigenvalue weighted by Gasteiger charge is 2.55. The second-order valence-corrected chi connectivity index (χ2v) is 7.87. The van der Waals surface area contributed by atoms with E-state index in [9.17, 15) is 12.8 Å². The Morgan fingerprint density at radius 3 is 2.38 bits per heavy atom. The maximum absolute atomic E-state index is 13.3. The van der Waals surface area contributed by atoms with Gasteiger partial charge in [0.05, 0.1) is 4.90 Å². The third kappa shape index (κ3) is 2.72. The molecule has 3 rings (SSSR count). The lowest BCUT2D eigenvalue weighted by molar-refractivity contribution is 0.0553. The van der Waals surface area contributed by atoms with Crippen LogP contribution in [-0.4, -0.2) is 27.7 Å². The van der Waals surface area contributed by atoms with Crippen LogP contribution in [0.25, 0.3) is 0 Å². The molecular formula is C15H20FNO3S. The molecule has 1 aromatic rings. The third-order valence-corrected chi connectivity index (χ3v) is 6.45. The van der Waals surface area contributed by atoms with E-state index in [0.717, 1.165) is 19.3 Å². The van der Waals surface area contributed by atoms with Crippen molar-refractivity contribution in [2.75, 3.05) is 13.2 Å². The van der Waals surface area contributed by atoms with Gasteiger partial charge in [0.2, 0.25) is 10.0 Å². The highest BCUT2D eigenvalue weighted by atomic mass is 32.2. The standard InChI is InChI=1S/C15H20FNO3S/c1-10-7-12(16)8-11(2)14(10)21(18,19)17-13-9-15(13)3-5-20-6-4-15/h7-8,13,17H,3-6,9H2,1-2H3. The number of halogens is 1. The zero-order valence-electron chi connectivity index (χ0n) is 12.3. The van der Waals surface area contributed by atoms with Gasteiger partial charge >= 0.3 is 0 Å². The first-order chi connectivity index (χ1) is 9.84. The Balaban J connectivity index is 1.83. The predicted octanol–water partition coefficient (Wildman–Crippen LogP) is 2.29. The van der Waals surface area contributed by atoms with Crippen LogP contribution in [0.15, 0.2) is 17.0 Å². The molecule has 0 bridgehead atoms. The molecule has 1 N–H and O–H groups in total. The van der Waals surface area contributed by atoms with Crippen molar-refractivity contribution >= 4 is 10.0 Å². The largest absolute Gasteiger partial charge is 0.381 e. The van der Waals surface area contributed by atoms with E-state index < -0.39 is 15.8 Å². The summed E-state index contributed by atoms with van der Waals surface area (Å²) in [4.78, 5) is 0.206. The number of rotatable bonds is 3. The van der Waals surface area contributed by atoms with E-state index in [1.54, 1.807) is 13.8 Å². The van der Waals surface area contributed by atoms with Gasteiger partial charge in [-0.05, 0) is 61.8 Å². The lowest BCUT2D eigenvalue weighted by Crippen LogP contribution is -2.33. The van der Waals surface area contributed by atoms with E-state index >= 15 is 0 Å². The number of hydrogen-bond donors (Lipinski definition) is 1. The van der Waals surface area contributed by atoms with Crippen molar-refractivity contribution in [1.29, 1.82) is 0 Å². The second-order valence-electron chi connectivity index (χ2n) is 6.22. The van der Waals surface area contributed by atoms with Gasteiger partial charge in [0.1, 0.15) is 5.82 Å². The smallest absolute Gasteiger partial charge is 0.241 e. The van der Waals surface area contributed by atoms with Gasteiger partial charge in [-0.15, -0.1) is 0 Å². The quantitative estimate of drug-likeness (QED) is 0.931. The van der Waals surface area contributed by atoms with E-state index in [0.29, 0.717) is 24.3 Å². The number of ether oxygens (including phenoxy) is 1. The van der Waals surface area contributed by atoms with Crippen LogP contribution < -0.4 is 4.72 Å². The fourth-order valence-electron chi connectivity index (χ4n) is 3.41. The average Bonchev–Trinajstić information content (AvgIpc) is 2.98. The van der Waals surface area contributed by atoms with Gasteiger partial charge < -0.3 is 4.74 Å². The fourth-order valence-corrected chi connectivity index (χ4v) is 5.20. The van der Waals surface area contributed by atoms with Crippen molar-refractivity contribution in [3.05, 3.63) is 29.1 Å². The van der Waals surface area contributed by atoms with Crippen molar-refractivity contribution in [3.63, 3.8) is 0 Å². The summed E-state index contributed by atoms with van der Waals surface area (Å²) in [6.07, 6.45) is 2.68. The molecule has 0 radical (unpaired) electrons. The molecule has 1 unspecified atom stereocenters. The first-order valence-corrected chi connectivity index (χ1v) is 8.69. The van der Waals surface area contributed by atoms with Gasteiger partial charge in [0, 0.05) is 19.3 Å². The van der Waals surface area contributed by atoms with Crippen molar-refractivity contribution in [2.45, 2.75) is 44.0 Å². The minimum absolute atomic E-state index is 0.0183. The summed E-state index contributed by atoms with van der Waals surface area (Å²) in [7, 11) is -3.61. The number of sulfonamides is 1. The van der Waals surface area contributed by atoms with Crippen molar-refractivity contribution < 1.29 is 17.5 Å². The fraction of sp³-hybridized carbons (Fsp3) is 0.600. The molecule has 1 heterocycles. The van der Waals surface area contributed by atoms with Crippen LogP contribution in [0.3, 0.4) is 0 Å². The lowest BCUT2D eigenvalue weighted by atomic mass is 9.96. The van der Waals surface area contributed by atoms with Gasteiger partial charge in [-0.2, -0.15) is 0 Å². The minimum Gasteiger partial charge on any atom is -0.381 e. The number of aryl methyl sites for hydroxylation is 2. The van der Waals surface area contributed by atoms with Crippen LogP contribution in [0.5, 0.6) is 0 Å². The van der Waals surface area contributed by atoms with Crippen LogP contribution in [0.1, 0.15) is 30.4 Å². The Hall–Kier alpha value is -0.980.